The predicted molar refractivity (Wildman–Crippen MR) is 124 cm³/mol. The first kappa shape index (κ1) is 21.1. The molecule has 5 nitrogen and oxygen atoms in total. The second-order valence-corrected chi connectivity index (χ2v) is 9.87. The molecule has 2 aromatic heterocycles. The highest BCUT2D eigenvalue weighted by Gasteiger charge is 2.25. The van der Waals surface area contributed by atoms with E-state index in [1.165, 1.54) is 0 Å². The number of rotatable bonds is 7. The van der Waals surface area contributed by atoms with Gasteiger partial charge in [-0.15, -0.1) is 4.72 Å². The number of aromatic nitrogens is 2. The maximum absolute atomic E-state index is 12.7. The van der Waals surface area contributed by atoms with Crippen molar-refractivity contribution < 1.29 is 9.08 Å². The van der Waals surface area contributed by atoms with Gasteiger partial charge in [0.25, 0.3) is 0 Å². The normalized spacial score (nSPS) is 13.6. The lowest BCUT2D eigenvalue weighted by Crippen LogP contribution is -2.35. The van der Waals surface area contributed by atoms with E-state index in [0.717, 1.165) is 38.1 Å². The van der Waals surface area contributed by atoms with Gasteiger partial charge in [-0.2, -0.15) is 0 Å². The highest BCUT2D eigenvalue weighted by molar-refractivity contribution is 9.10. The molecule has 4 rings (SSSR count). The summed E-state index contributed by atoms with van der Waals surface area (Å²) in [6, 6.07) is 21.5. The average Bonchev–Trinajstić information content (AvgIpc) is 3.17. The second-order valence-electron chi connectivity index (χ2n) is 7.29. The van der Waals surface area contributed by atoms with Crippen molar-refractivity contribution in [2.45, 2.75) is 31.6 Å². The number of halogens is 1. The molecule has 2 aromatic carbocycles. The van der Waals surface area contributed by atoms with E-state index in [1.54, 1.807) is 0 Å². The third-order valence-electron chi connectivity index (χ3n) is 4.84. The summed E-state index contributed by atoms with van der Waals surface area (Å²) in [7, 11) is 0. The molecule has 0 radical (unpaired) electrons. The molecule has 0 amide bonds. The molecule has 2 unspecified atom stereocenters. The smallest absolute Gasteiger partial charge is 0.167 e. The summed E-state index contributed by atoms with van der Waals surface area (Å²) in [4.78, 5) is 4.58. The number of benzene rings is 2. The van der Waals surface area contributed by atoms with Crippen LogP contribution in [0.4, 0.5) is 0 Å². The molecule has 0 aliphatic rings. The minimum absolute atomic E-state index is 0.0111. The van der Waals surface area contributed by atoms with Crippen LogP contribution in [0, 0.1) is 0 Å². The number of pyridine rings is 1. The monoisotopic (exact) mass is 483 g/mol. The number of nitrogens with zero attached hydrogens (tertiary/aromatic N) is 2. The Bertz CT molecular complexity index is 1150. The molecule has 30 heavy (non-hydrogen) atoms. The molecular formula is C23H22BrN3O2S. The van der Waals surface area contributed by atoms with Crippen molar-refractivity contribution in [3.8, 4) is 11.3 Å². The van der Waals surface area contributed by atoms with Gasteiger partial charge in [-0.05, 0) is 59.6 Å². The van der Waals surface area contributed by atoms with Crippen LogP contribution < -0.4 is 4.72 Å². The molecule has 1 N–H and O–H groups in total. The Labute approximate surface area is 187 Å². The van der Waals surface area contributed by atoms with Gasteiger partial charge in [0, 0.05) is 34.4 Å². The first-order valence-electron chi connectivity index (χ1n) is 9.75. The predicted octanol–water partition coefficient (Wildman–Crippen LogP) is 5.60. The Balaban J connectivity index is 1.78. The molecule has 0 aliphatic heterocycles. The average molecular weight is 484 g/mol. The molecule has 0 saturated heterocycles. The van der Waals surface area contributed by atoms with Gasteiger partial charge >= 0.3 is 0 Å². The van der Waals surface area contributed by atoms with Crippen molar-refractivity contribution in [1.82, 2.24) is 14.9 Å². The van der Waals surface area contributed by atoms with Crippen molar-refractivity contribution in [1.29, 1.82) is 0 Å². The Morgan fingerprint density at radius 2 is 1.80 bits per heavy atom. The lowest BCUT2D eigenvalue weighted by molar-refractivity contribution is 0.459. The standard InChI is InChI=1S/C23H22BrN3O2S/c1-15(2)30(28)27-20(14-16-8-7-13-22(24)25-16)17-9-3-4-10-18(17)23-19-11-5-6-12-21(19)29-26-23/h3-13,15,20,27H,14H2,1-2H3. The number of hydrogen-bond acceptors (Lipinski definition) is 5. The van der Waals surface area contributed by atoms with Gasteiger partial charge in [0.1, 0.15) is 15.5 Å². The number of hydrogen-bond donors (Lipinski definition) is 1. The van der Waals surface area contributed by atoms with Crippen molar-refractivity contribution in [2.75, 3.05) is 0 Å². The SMILES string of the molecule is CC(C)[S+]([O-])NC(Cc1cccc(Br)n1)c1ccccc1-c1noc2ccccc12. The molecule has 2 atom stereocenters. The zero-order valence-corrected chi connectivity index (χ0v) is 19.1. The van der Waals surface area contributed by atoms with Crippen LogP contribution >= 0.6 is 15.9 Å². The fourth-order valence-corrected chi connectivity index (χ4v) is 4.50. The summed E-state index contributed by atoms with van der Waals surface area (Å²) in [6.07, 6.45) is 0.588. The third kappa shape index (κ3) is 4.59. The van der Waals surface area contributed by atoms with Gasteiger partial charge < -0.3 is 9.08 Å². The van der Waals surface area contributed by atoms with Crippen molar-refractivity contribution >= 4 is 38.3 Å². The minimum atomic E-state index is -1.20. The van der Waals surface area contributed by atoms with Gasteiger partial charge in [-0.25, -0.2) is 4.98 Å². The topological polar surface area (TPSA) is 74.0 Å². The Hall–Kier alpha value is -2.19. The summed E-state index contributed by atoms with van der Waals surface area (Å²) >= 11 is 2.24. The summed E-state index contributed by atoms with van der Waals surface area (Å²) in [6.45, 7) is 3.88. The van der Waals surface area contributed by atoms with Gasteiger partial charge in [-0.3, -0.25) is 0 Å². The van der Waals surface area contributed by atoms with E-state index in [9.17, 15) is 4.55 Å². The van der Waals surface area contributed by atoms with Crippen molar-refractivity contribution in [3.05, 3.63) is 82.6 Å². The third-order valence-corrected chi connectivity index (χ3v) is 6.66. The Morgan fingerprint density at radius 3 is 2.60 bits per heavy atom. The highest BCUT2D eigenvalue weighted by Crippen LogP contribution is 2.34. The molecule has 2 heterocycles. The summed E-state index contributed by atoms with van der Waals surface area (Å²) in [5.41, 5.74) is 4.39. The van der Waals surface area contributed by atoms with Crippen LogP contribution in [-0.4, -0.2) is 19.9 Å². The van der Waals surface area contributed by atoms with Crippen LogP contribution in [-0.2, 0) is 17.8 Å². The van der Waals surface area contributed by atoms with Crippen LogP contribution in [0.25, 0.3) is 22.2 Å². The van der Waals surface area contributed by atoms with Crippen LogP contribution in [0.3, 0.4) is 0 Å². The van der Waals surface area contributed by atoms with E-state index in [4.69, 9.17) is 4.52 Å². The van der Waals surface area contributed by atoms with Gasteiger partial charge in [-0.1, -0.05) is 47.6 Å². The Kier molecular flexibility index (Phi) is 6.53. The van der Waals surface area contributed by atoms with Crippen LogP contribution in [0.2, 0.25) is 0 Å². The second kappa shape index (κ2) is 9.31. The summed E-state index contributed by atoms with van der Waals surface area (Å²) in [5.74, 6) is 0. The fraction of sp³-hybridized carbons (Fsp3) is 0.217. The molecule has 154 valence electrons. The summed E-state index contributed by atoms with van der Waals surface area (Å²) < 4.78 is 22.4. The molecule has 0 bridgehead atoms. The number of para-hydroxylation sites is 1. The maximum Gasteiger partial charge on any atom is 0.167 e. The van der Waals surface area contributed by atoms with Crippen LogP contribution in [0.5, 0.6) is 0 Å². The van der Waals surface area contributed by atoms with E-state index in [2.05, 4.69) is 30.8 Å². The fourth-order valence-electron chi connectivity index (χ4n) is 3.36. The minimum Gasteiger partial charge on any atom is -0.598 e. The molecular weight excluding hydrogens is 462 g/mol. The van der Waals surface area contributed by atoms with Crippen LogP contribution in [0.1, 0.15) is 31.1 Å². The summed E-state index contributed by atoms with van der Waals surface area (Å²) in [5, 5.41) is 5.28. The van der Waals surface area contributed by atoms with Gasteiger partial charge in [0.05, 0.1) is 6.04 Å². The Morgan fingerprint density at radius 1 is 1.03 bits per heavy atom. The molecule has 0 spiro atoms. The first-order chi connectivity index (χ1) is 14.5. The van der Waals surface area contributed by atoms with E-state index in [0.29, 0.717) is 6.42 Å². The molecule has 0 aliphatic carbocycles. The van der Waals surface area contributed by atoms with E-state index >= 15 is 0 Å². The molecule has 0 saturated carbocycles. The van der Waals surface area contributed by atoms with Crippen molar-refractivity contribution in [2.24, 2.45) is 0 Å². The molecule has 4 aromatic rings. The lowest BCUT2D eigenvalue weighted by Gasteiger charge is -2.24. The molecule has 7 heteroatoms. The number of nitrogens with one attached hydrogen (secondary N) is 1. The largest absolute Gasteiger partial charge is 0.598 e. The quantitative estimate of drug-likeness (QED) is 0.273. The lowest BCUT2D eigenvalue weighted by atomic mass is 9.94. The van der Waals surface area contributed by atoms with Gasteiger partial charge in [0.15, 0.2) is 5.58 Å². The molecule has 0 fully saturated rings. The van der Waals surface area contributed by atoms with E-state index < -0.39 is 11.4 Å². The first-order valence-corrected chi connectivity index (χ1v) is 11.8. The van der Waals surface area contributed by atoms with Crippen LogP contribution in [0.15, 0.2) is 75.9 Å². The highest BCUT2D eigenvalue weighted by atomic mass is 79.9. The number of fused-ring (bicyclic) bond motifs is 1. The van der Waals surface area contributed by atoms with Crippen molar-refractivity contribution in [3.63, 3.8) is 0 Å². The van der Waals surface area contributed by atoms with E-state index in [1.807, 2.05) is 80.6 Å². The van der Waals surface area contributed by atoms with Gasteiger partial charge in [0.2, 0.25) is 0 Å². The zero-order chi connectivity index (χ0) is 21.1. The van der Waals surface area contributed by atoms with E-state index in [-0.39, 0.29) is 11.3 Å². The zero-order valence-electron chi connectivity index (χ0n) is 16.7. The maximum atomic E-state index is 12.7.